The van der Waals surface area contributed by atoms with E-state index in [1.165, 1.54) is 12.1 Å². The fourth-order valence-electron chi connectivity index (χ4n) is 4.54. The van der Waals surface area contributed by atoms with Gasteiger partial charge in [0.1, 0.15) is 5.82 Å². The number of carbonyl (C=O) groups excluding carboxylic acids is 2. The van der Waals surface area contributed by atoms with Crippen molar-refractivity contribution in [3.8, 4) is 0 Å². The van der Waals surface area contributed by atoms with Gasteiger partial charge < -0.3 is 14.9 Å². The summed E-state index contributed by atoms with van der Waals surface area (Å²) >= 11 is 0. The quantitative estimate of drug-likeness (QED) is 0.479. The third-order valence-corrected chi connectivity index (χ3v) is 6.07. The number of carbonyl (C=O) groups is 2. The molecule has 1 aliphatic heterocycles. The second kappa shape index (κ2) is 7.44. The van der Waals surface area contributed by atoms with Crippen molar-refractivity contribution in [1.82, 2.24) is 14.9 Å². The number of hydrogen-bond acceptors (Lipinski definition) is 2. The van der Waals surface area contributed by atoms with Crippen LogP contribution >= 0.6 is 0 Å². The van der Waals surface area contributed by atoms with Crippen molar-refractivity contribution in [2.24, 2.45) is 0 Å². The predicted octanol–water partition coefficient (Wildman–Crippen LogP) is 4.59. The first-order chi connectivity index (χ1) is 14.6. The first kappa shape index (κ1) is 18.6. The Morgan fingerprint density at radius 2 is 1.83 bits per heavy atom. The van der Waals surface area contributed by atoms with E-state index in [1.54, 1.807) is 17.2 Å². The monoisotopic (exact) mass is 403 g/mol. The molecule has 1 saturated heterocycles. The number of rotatable bonds is 5. The lowest BCUT2D eigenvalue weighted by atomic mass is 10.0. The van der Waals surface area contributed by atoms with Crippen LogP contribution in [0.2, 0.25) is 0 Å². The maximum absolute atomic E-state index is 13.7. The van der Waals surface area contributed by atoms with Crippen molar-refractivity contribution in [3.63, 3.8) is 0 Å². The predicted molar refractivity (Wildman–Crippen MR) is 114 cm³/mol. The average Bonchev–Trinajstić information content (AvgIpc) is 3.49. The summed E-state index contributed by atoms with van der Waals surface area (Å²) in [5, 5.41) is 1.69. The highest BCUT2D eigenvalue weighted by Crippen LogP contribution is 2.27. The van der Waals surface area contributed by atoms with Gasteiger partial charge in [0.15, 0.2) is 5.78 Å². The summed E-state index contributed by atoms with van der Waals surface area (Å²) < 4.78 is 13.7. The second-order valence-electron chi connectivity index (χ2n) is 7.86. The van der Waals surface area contributed by atoms with E-state index in [0.717, 1.165) is 28.4 Å². The molecule has 6 heteroatoms. The third-order valence-electron chi connectivity index (χ3n) is 6.07. The molecule has 4 aromatic rings. The van der Waals surface area contributed by atoms with Crippen LogP contribution in [0.5, 0.6) is 0 Å². The molecule has 5 nitrogen and oxygen atoms in total. The van der Waals surface area contributed by atoms with Gasteiger partial charge in [0.2, 0.25) is 5.91 Å². The third kappa shape index (κ3) is 3.18. The van der Waals surface area contributed by atoms with Crippen LogP contribution in [0.1, 0.15) is 35.2 Å². The van der Waals surface area contributed by atoms with Crippen molar-refractivity contribution in [2.75, 3.05) is 6.54 Å². The average molecular weight is 403 g/mol. The second-order valence-corrected chi connectivity index (χ2v) is 7.86. The van der Waals surface area contributed by atoms with Crippen LogP contribution in [0.3, 0.4) is 0 Å². The van der Waals surface area contributed by atoms with Crippen LogP contribution in [0.25, 0.3) is 21.8 Å². The highest BCUT2D eigenvalue weighted by atomic mass is 19.1. The zero-order valence-electron chi connectivity index (χ0n) is 16.5. The summed E-state index contributed by atoms with van der Waals surface area (Å²) in [5.74, 6) is -0.513. The molecule has 152 valence electrons. The lowest BCUT2D eigenvalue weighted by molar-refractivity contribution is -0.131. The smallest absolute Gasteiger partial charge is 0.223 e. The zero-order chi connectivity index (χ0) is 20.7. The maximum atomic E-state index is 13.7. The molecule has 0 unspecified atom stereocenters. The Hall–Kier alpha value is -3.41. The number of aromatic amines is 2. The molecule has 2 aromatic heterocycles. The molecule has 0 radical (unpaired) electrons. The number of aromatic nitrogens is 2. The van der Waals surface area contributed by atoms with Crippen molar-refractivity contribution in [3.05, 3.63) is 71.8 Å². The standard InChI is InChI=1S/C24H22FN3O2/c25-16-8-9-21-18(12-16)19(14-27-21)24(30)22-6-3-11-28(22)23(29)10-7-15-13-26-20-5-2-1-4-17(15)20/h1-2,4-5,8-9,12-14,22,26-27H,3,6-7,10-11H2/t22-/m1/s1. The number of benzene rings is 2. The summed E-state index contributed by atoms with van der Waals surface area (Å²) in [5.41, 5.74) is 3.33. The fourth-order valence-corrected chi connectivity index (χ4v) is 4.54. The zero-order valence-corrected chi connectivity index (χ0v) is 16.5. The summed E-state index contributed by atoms with van der Waals surface area (Å²) in [6.07, 6.45) is 5.99. The Labute approximate surface area is 172 Å². The van der Waals surface area contributed by atoms with Crippen LogP contribution < -0.4 is 0 Å². The number of H-pyrrole nitrogens is 2. The van der Waals surface area contributed by atoms with Gasteiger partial charge in [-0.15, -0.1) is 0 Å². The van der Waals surface area contributed by atoms with Gasteiger partial charge in [-0.2, -0.15) is 0 Å². The number of Topliss-reactive ketones (excluding diaryl/α,β-unsaturated/α-hetero) is 1. The van der Waals surface area contributed by atoms with Crippen LogP contribution in [0.15, 0.2) is 54.9 Å². The van der Waals surface area contributed by atoms with E-state index in [1.807, 2.05) is 30.5 Å². The number of nitrogens with zero attached hydrogens (tertiary/aromatic N) is 1. The number of nitrogens with one attached hydrogen (secondary N) is 2. The Balaban J connectivity index is 1.33. The minimum atomic E-state index is -0.484. The molecule has 30 heavy (non-hydrogen) atoms. The summed E-state index contributed by atoms with van der Waals surface area (Å²) in [6.45, 7) is 0.583. The molecular formula is C24H22FN3O2. The Morgan fingerprint density at radius 1 is 1.03 bits per heavy atom. The van der Waals surface area contributed by atoms with Crippen LogP contribution in [0, 0.1) is 5.82 Å². The van der Waals surface area contributed by atoms with Gasteiger partial charge in [-0.3, -0.25) is 9.59 Å². The lowest BCUT2D eigenvalue weighted by Crippen LogP contribution is -2.40. The number of likely N-dealkylation sites (tertiary alicyclic amines) is 1. The van der Waals surface area contributed by atoms with Crippen molar-refractivity contribution in [1.29, 1.82) is 0 Å². The molecular weight excluding hydrogens is 381 g/mol. The van der Waals surface area contributed by atoms with Gasteiger partial charge in [0.25, 0.3) is 0 Å². The topological polar surface area (TPSA) is 69.0 Å². The Bertz CT molecular complexity index is 1260. The molecule has 1 fully saturated rings. The summed E-state index contributed by atoms with van der Waals surface area (Å²) in [4.78, 5) is 34.2. The van der Waals surface area contributed by atoms with Crippen LogP contribution in [-0.4, -0.2) is 39.1 Å². The molecule has 1 atom stereocenters. The van der Waals surface area contributed by atoms with E-state index in [2.05, 4.69) is 9.97 Å². The molecule has 0 bridgehead atoms. The van der Waals surface area contributed by atoms with Gasteiger partial charge in [0.05, 0.1) is 6.04 Å². The largest absolute Gasteiger partial charge is 0.361 e. The normalized spacial score (nSPS) is 16.6. The minimum Gasteiger partial charge on any atom is -0.361 e. The number of fused-ring (bicyclic) bond motifs is 2. The number of para-hydroxylation sites is 1. The first-order valence-corrected chi connectivity index (χ1v) is 10.3. The van der Waals surface area contributed by atoms with Crippen LogP contribution in [-0.2, 0) is 11.2 Å². The number of halogens is 1. The van der Waals surface area contributed by atoms with Gasteiger partial charge in [-0.05, 0) is 49.1 Å². The number of amides is 1. The highest BCUT2D eigenvalue weighted by molar-refractivity contribution is 6.11. The molecule has 0 aliphatic carbocycles. The molecule has 2 N–H and O–H groups in total. The van der Waals surface area contributed by atoms with Crippen molar-refractivity contribution in [2.45, 2.75) is 31.7 Å². The molecule has 3 heterocycles. The van der Waals surface area contributed by atoms with Crippen molar-refractivity contribution >= 4 is 33.5 Å². The van der Waals surface area contributed by atoms with E-state index in [9.17, 15) is 14.0 Å². The number of ketones is 1. The highest BCUT2D eigenvalue weighted by Gasteiger charge is 2.35. The van der Waals surface area contributed by atoms with Gasteiger partial charge in [-0.1, -0.05) is 18.2 Å². The van der Waals surface area contributed by atoms with Crippen molar-refractivity contribution < 1.29 is 14.0 Å². The van der Waals surface area contributed by atoms with Gasteiger partial charge >= 0.3 is 0 Å². The van der Waals surface area contributed by atoms with E-state index in [4.69, 9.17) is 0 Å². The summed E-state index contributed by atoms with van der Waals surface area (Å²) in [6, 6.07) is 11.9. The number of aryl methyl sites for hydroxylation is 1. The maximum Gasteiger partial charge on any atom is 0.223 e. The molecule has 1 amide bonds. The SMILES string of the molecule is O=C(c1c[nH]c2ccc(F)cc12)[C@H]1CCCN1C(=O)CCc1c[nH]c2ccccc12. The summed E-state index contributed by atoms with van der Waals surface area (Å²) in [7, 11) is 0. The van der Waals surface area contributed by atoms with E-state index < -0.39 is 6.04 Å². The van der Waals surface area contributed by atoms with E-state index >= 15 is 0 Å². The van der Waals surface area contributed by atoms with Gasteiger partial charge in [0, 0.05) is 52.7 Å². The molecule has 5 rings (SSSR count). The number of hydrogen-bond donors (Lipinski definition) is 2. The minimum absolute atomic E-state index is 0.0119. The fraction of sp³-hybridized carbons (Fsp3) is 0.250. The van der Waals surface area contributed by atoms with E-state index in [0.29, 0.717) is 36.8 Å². The first-order valence-electron chi connectivity index (χ1n) is 10.3. The molecule has 1 aliphatic rings. The Morgan fingerprint density at radius 3 is 2.73 bits per heavy atom. The van der Waals surface area contributed by atoms with E-state index in [-0.39, 0.29) is 17.5 Å². The molecule has 0 saturated carbocycles. The van der Waals surface area contributed by atoms with Gasteiger partial charge in [-0.25, -0.2) is 4.39 Å². The molecule has 0 spiro atoms. The lowest BCUT2D eigenvalue weighted by Gasteiger charge is -2.23. The Kier molecular flexibility index (Phi) is 4.62. The molecule has 2 aromatic carbocycles. The van der Waals surface area contributed by atoms with Crippen LogP contribution in [0.4, 0.5) is 4.39 Å².